The van der Waals surface area contributed by atoms with E-state index >= 15 is 0 Å². The molecule has 0 radical (unpaired) electrons. The third-order valence-corrected chi connectivity index (χ3v) is 0.408. The highest BCUT2D eigenvalue weighted by atomic mass is 19.1. The van der Waals surface area contributed by atoms with Crippen LogP contribution in [-0.2, 0) is 4.74 Å². The zero-order valence-corrected chi connectivity index (χ0v) is 5.91. The Bertz CT molecular complexity index is 23.5. The molecule has 11 heavy (non-hydrogen) atoms. The molecule has 0 amide bonds. The molecule has 0 saturated heterocycles. The summed E-state index contributed by atoms with van der Waals surface area (Å²) in [7, 11) is 1.71. The van der Waals surface area contributed by atoms with Crippen molar-refractivity contribution in [2.24, 2.45) is 0 Å². The van der Waals surface area contributed by atoms with Gasteiger partial charge in [0.15, 0.2) is 0 Å². The molecule has 0 bridgehead atoms. The molecule has 1 nitrogen and oxygen atoms in total. The molecule has 0 aliphatic rings. The topological polar surface area (TPSA) is 9.23 Å². The molecule has 0 fully saturated rings. The van der Waals surface area contributed by atoms with Gasteiger partial charge in [-0.15, -0.1) is 0 Å². The molecule has 0 aliphatic carbocycles. The van der Waals surface area contributed by atoms with Gasteiger partial charge in [0, 0.05) is 13.7 Å². The van der Waals surface area contributed by atoms with Crippen LogP contribution in [0, 0.1) is 0 Å². The van der Waals surface area contributed by atoms with Crippen molar-refractivity contribution in [3.05, 3.63) is 0 Å². The summed E-state index contributed by atoms with van der Waals surface area (Å²) in [4.78, 5) is 0. The molecule has 0 rings (SSSR count). The Balaban J connectivity index is -0.0000000183. The van der Waals surface area contributed by atoms with E-state index in [-0.39, 0.29) is 29.0 Å². The third kappa shape index (κ3) is 172. The van der Waals surface area contributed by atoms with Gasteiger partial charge < -0.3 is 4.74 Å². The van der Waals surface area contributed by atoms with Crippen molar-refractivity contribution in [2.75, 3.05) is 20.4 Å². The Kier molecular flexibility index (Phi) is 144. The van der Waals surface area contributed by atoms with Crippen LogP contribution < -0.4 is 0 Å². The highest BCUT2D eigenvalue weighted by molar-refractivity contribution is 4.15. The number of hydrogen-bond donors (Lipinski definition) is 0. The smallest absolute Gasteiger partial charge is 0.0866 e. The first kappa shape index (κ1) is 30.7. The lowest BCUT2D eigenvalue weighted by Gasteiger charge is -1.84. The second-order valence-electron chi connectivity index (χ2n) is 1.26. The van der Waals surface area contributed by atoms with Gasteiger partial charge in [0.1, 0.15) is 0 Å². The van der Waals surface area contributed by atoms with Gasteiger partial charge in [-0.05, 0) is 13.3 Å². The average Bonchev–Trinajstić information content (AvgIpc) is 1.71. The Labute approximate surface area is 73.0 Å². The maximum absolute atomic E-state index is 10.3. The summed E-state index contributed by atoms with van der Waals surface area (Å²) >= 11 is 0. The van der Waals surface area contributed by atoms with E-state index in [1.54, 1.807) is 7.11 Å². The van der Waals surface area contributed by atoms with Gasteiger partial charge in [-0.3, -0.25) is 4.39 Å². The van der Waals surface area contributed by atoms with Crippen LogP contribution in [0.25, 0.3) is 0 Å². The number of alkyl halides is 1. The number of halogens is 1. The quantitative estimate of drug-likeness (QED) is 0.610. The summed E-state index contributed by atoms with van der Waals surface area (Å²) in [5.74, 6) is 0. The van der Waals surface area contributed by atoms with E-state index < -0.39 is 0 Å². The molecule has 0 saturated carbocycles. The molecule has 0 aromatic rings. The van der Waals surface area contributed by atoms with E-state index in [0.717, 1.165) is 13.0 Å². The predicted octanol–water partition coefficient (Wildman–Crippen LogP) is 3.93. The summed E-state index contributed by atoms with van der Waals surface area (Å²) in [6.45, 7) is 4.18. The van der Waals surface area contributed by atoms with Gasteiger partial charge in [0.25, 0.3) is 0 Å². The molecular formula is C9H27FO. The van der Waals surface area contributed by atoms with Gasteiger partial charge in [0.05, 0.1) is 6.67 Å². The largest absolute Gasteiger partial charge is 0.385 e. The summed E-state index contributed by atoms with van der Waals surface area (Å²) in [5, 5.41) is 0. The number of ether oxygens (including phenoxy) is 1. The Hall–Kier alpha value is -0.110. The lowest BCUT2D eigenvalue weighted by Crippen LogP contribution is -1.80. The summed E-state index contributed by atoms with van der Waals surface area (Å²) in [5.41, 5.74) is 0. The summed E-state index contributed by atoms with van der Waals surface area (Å²) in [6, 6.07) is 0. The maximum Gasteiger partial charge on any atom is 0.0866 e. The van der Waals surface area contributed by atoms with Crippen molar-refractivity contribution >= 4 is 0 Å². The molecule has 76 valence electrons. The number of hydrogen-bond acceptors (Lipinski definition) is 1. The molecule has 0 unspecified atom stereocenters. The Morgan fingerprint density at radius 2 is 1.36 bits per heavy atom. The lowest BCUT2D eigenvalue weighted by molar-refractivity contribution is 0.199. The van der Waals surface area contributed by atoms with E-state index in [4.69, 9.17) is 4.74 Å². The van der Waals surface area contributed by atoms with Crippen molar-refractivity contribution in [2.45, 2.75) is 42.5 Å². The standard InChI is InChI=1S/C4H10O.C2H5F.3CH4/c1-3-4-5-2;1-2-3;;;/h3-4H2,1-2H3;2H2,1H3;3*1H4. The summed E-state index contributed by atoms with van der Waals surface area (Å²) in [6.07, 6.45) is 1.12. The first-order valence-corrected chi connectivity index (χ1v) is 2.88. The molecule has 0 heterocycles. The number of rotatable bonds is 2. The molecule has 2 heteroatoms. The van der Waals surface area contributed by atoms with Gasteiger partial charge in [-0.1, -0.05) is 29.2 Å². The van der Waals surface area contributed by atoms with Crippen molar-refractivity contribution in [1.29, 1.82) is 0 Å². The van der Waals surface area contributed by atoms with Crippen LogP contribution in [0.2, 0.25) is 0 Å². The van der Waals surface area contributed by atoms with Gasteiger partial charge in [0.2, 0.25) is 0 Å². The SMILES string of the molecule is C.C.C.CCCOC.CCF. The molecular weight excluding hydrogens is 143 g/mol. The fraction of sp³-hybridized carbons (Fsp3) is 1.00. The van der Waals surface area contributed by atoms with Crippen molar-refractivity contribution in [1.82, 2.24) is 0 Å². The fourth-order valence-corrected chi connectivity index (χ4v) is 0.204. The van der Waals surface area contributed by atoms with Crippen LogP contribution in [-0.4, -0.2) is 20.4 Å². The maximum atomic E-state index is 10.3. The van der Waals surface area contributed by atoms with E-state index in [9.17, 15) is 4.39 Å². The third-order valence-electron chi connectivity index (χ3n) is 0.408. The highest BCUT2D eigenvalue weighted by Gasteiger charge is 1.66. The fourth-order valence-electron chi connectivity index (χ4n) is 0.204. The Morgan fingerprint density at radius 1 is 1.09 bits per heavy atom. The van der Waals surface area contributed by atoms with Gasteiger partial charge in [-0.2, -0.15) is 0 Å². The minimum Gasteiger partial charge on any atom is -0.385 e. The van der Waals surface area contributed by atoms with Crippen molar-refractivity contribution in [3.8, 4) is 0 Å². The van der Waals surface area contributed by atoms with E-state index in [2.05, 4.69) is 6.92 Å². The van der Waals surface area contributed by atoms with Crippen LogP contribution in [0.4, 0.5) is 4.39 Å². The molecule has 0 aromatic carbocycles. The molecule has 0 N–H and O–H groups in total. The summed E-state index contributed by atoms with van der Waals surface area (Å²) < 4.78 is 15.0. The normalized spacial score (nSPS) is 5.45. The zero-order valence-electron chi connectivity index (χ0n) is 5.91. The van der Waals surface area contributed by atoms with Crippen LogP contribution in [0.15, 0.2) is 0 Å². The monoisotopic (exact) mass is 170 g/mol. The minimum absolute atomic E-state index is 0. The predicted molar refractivity (Wildman–Crippen MR) is 54.0 cm³/mol. The van der Waals surface area contributed by atoms with Crippen LogP contribution in [0.5, 0.6) is 0 Å². The van der Waals surface area contributed by atoms with Crippen molar-refractivity contribution in [3.63, 3.8) is 0 Å². The van der Waals surface area contributed by atoms with Crippen LogP contribution in [0.1, 0.15) is 42.5 Å². The zero-order chi connectivity index (χ0) is 6.83. The first-order valence-electron chi connectivity index (χ1n) is 2.88. The Morgan fingerprint density at radius 3 is 1.36 bits per heavy atom. The highest BCUT2D eigenvalue weighted by Crippen LogP contribution is 1.70. The minimum atomic E-state index is -0.250. The number of methoxy groups -OCH3 is 1. The average molecular weight is 170 g/mol. The van der Waals surface area contributed by atoms with Crippen LogP contribution in [0.3, 0.4) is 0 Å². The second kappa shape index (κ2) is 51.7. The molecule has 0 aliphatic heterocycles. The first-order chi connectivity index (χ1) is 3.83. The molecule has 0 atom stereocenters. The van der Waals surface area contributed by atoms with Crippen molar-refractivity contribution < 1.29 is 9.13 Å². The second-order valence-corrected chi connectivity index (χ2v) is 1.26. The van der Waals surface area contributed by atoms with Gasteiger partial charge >= 0.3 is 0 Å². The van der Waals surface area contributed by atoms with Crippen LogP contribution >= 0.6 is 0 Å². The lowest BCUT2D eigenvalue weighted by atomic mass is 10.5. The molecule has 0 aromatic heterocycles. The van der Waals surface area contributed by atoms with Gasteiger partial charge in [-0.25, -0.2) is 0 Å². The van der Waals surface area contributed by atoms with E-state index in [1.165, 1.54) is 6.92 Å². The van der Waals surface area contributed by atoms with E-state index in [0.29, 0.717) is 0 Å². The molecule has 0 spiro atoms. The van der Waals surface area contributed by atoms with E-state index in [1.807, 2.05) is 0 Å².